The maximum atomic E-state index is 11.7. The quantitative estimate of drug-likeness (QED) is 0.784. The molecule has 0 aliphatic carbocycles. The summed E-state index contributed by atoms with van der Waals surface area (Å²) in [4.78, 5) is 16.1. The Morgan fingerprint density at radius 3 is 2.67 bits per heavy atom. The van der Waals surface area contributed by atoms with Crippen molar-refractivity contribution in [3.05, 3.63) is 59.4 Å². The number of hydrogen-bond acceptors (Lipinski definition) is 2. The average molecular weight is 279 g/mol. The van der Waals surface area contributed by atoms with Crippen molar-refractivity contribution >= 4 is 16.9 Å². The molecule has 0 spiro atoms. The zero-order valence-electron chi connectivity index (χ0n) is 12.3. The maximum Gasteiger partial charge on any atom is 0.251 e. The molecule has 2 aromatic carbocycles. The van der Waals surface area contributed by atoms with Crippen LogP contribution in [0.4, 0.5) is 0 Å². The molecule has 0 unspecified atom stereocenters. The first kappa shape index (κ1) is 13.4. The number of carbonyl (C=O) groups is 1. The van der Waals surface area contributed by atoms with E-state index in [9.17, 15) is 4.79 Å². The van der Waals surface area contributed by atoms with E-state index in [2.05, 4.69) is 46.9 Å². The average Bonchev–Trinajstić information content (AvgIpc) is 2.89. The van der Waals surface area contributed by atoms with Gasteiger partial charge in [-0.3, -0.25) is 9.36 Å². The molecule has 0 atom stereocenters. The molecule has 1 heterocycles. The van der Waals surface area contributed by atoms with Crippen molar-refractivity contribution in [2.45, 2.75) is 13.8 Å². The highest BCUT2D eigenvalue weighted by Crippen LogP contribution is 2.22. The Hall–Kier alpha value is -2.62. The van der Waals surface area contributed by atoms with Crippen LogP contribution in [0.5, 0.6) is 0 Å². The van der Waals surface area contributed by atoms with Crippen LogP contribution in [0.15, 0.2) is 42.7 Å². The van der Waals surface area contributed by atoms with Gasteiger partial charge in [-0.2, -0.15) is 0 Å². The summed E-state index contributed by atoms with van der Waals surface area (Å²) in [6.45, 7) is 4.17. The van der Waals surface area contributed by atoms with Crippen LogP contribution in [-0.2, 0) is 0 Å². The first-order valence-electron chi connectivity index (χ1n) is 6.87. The number of carbonyl (C=O) groups excluding carboxylic acids is 1. The fraction of sp³-hybridized carbons (Fsp3) is 0.176. The molecule has 0 aliphatic heterocycles. The first-order chi connectivity index (χ1) is 10.1. The lowest BCUT2D eigenvalue weighted by atomic mass is 10.1. The van der Waals surface area contributed by atoms with Crippen molar-refractivity contribution in [2.24, 2.45) is 0 Å². The van der Waals surface area contributed by atoms with Crippen LogP contribution in [0.2, 0.25) is 0 Å². The summed E-state index contributed by atoms with van der Waals surface area (Å²) in [6, 6.07) is 11.9. The van der Waals surface area contributed by atoms with Crippen molar-refractivity contribution in [2.75, 3.05) is 7.05 Å². The molecule has 0 radical (unpaired) electrons. The smallest absolute Gasteiger partial charge is 0.251 e. The largest absolute Gasteiger partial charge is 0.355 e. The molecule has 0 fully saturated rings. The molecule has 3 rings (SSSR count). The molecule has 4 nitrogen and oxygen atoms in total. The third kappa shape index (κ3) is 2.29. The minimum absolute atomic E-state index is 0.0991. The highest BCUT2D eigenvalue weighted by Gasteiger charge is 2.10. The molecule has 21 heavy (non-hydrogen) atoms. The van der Waals surface area contributed by atoms with Gasteiger partial charge < -0.3 is 5.32 Å². The second kappa shape index (κ2) is 5.05. The zero-order chi connectivity index (χ0) is 15.0. The van der Waals surface area contributed by atoms with E-state index in [-0.39, 0.29) is 5.91 Å². The van der Waals surface area contributed by atoms with E-state index in [1.807, 2.05) is 18.2 Å². The Balaban J connectivity index is 2.14. The minimum Gasteiger partial charge on any atom is -0.355 e. The van der Waals surface area contributed by atoms with E-state index in [1.165, 1.54) is 11.1 Å². The Kier molecular flexibility index (Phi) is 3.22. The number of fused-ring (bicyclic) bond motifs is 1. The fourth-order valence-electron chi connectivity index (χ4n) is 2.57. The number of rotatable bonds is 2. The highest BCUT2D eigenvalue weighted by molar-refractivity contribution is 5.97. The molecule has 0 aliphatic rings. The van der Waals surface area contributed by atoms with E-state index in [0.717, 1.165) is 16.7 Å². The second-order valence-electron chi connectivity index (χ2n) is 5.19. The molecule has 0 saturated carbocycles. The molecule has 3 aromatic rings. The Labute approximate surface area is 123 Å². The third-order valence-electron chi connectivity index (χ3n) is 3.65. The second-order valence-corrected chi connectivity index (χ2v) is 5.19. The van der Waals surface area contributed by atoms with E-state index in [4.69, 9.17) is 0 Å². The van der Waals surface area contributed by atoms with Crippen molar-refractivity contribution < 1.29 is 4.79 Å². The van der Waals surface area contributed by atoms with E-state index < -0.39 is 0 Å². The van der Waals surface area contributed by atoms with Crippen LogP contribution >= 0.6 is 0 Å². The van der Waals surface area contributed by atoms with Gasteiger partial charge in [-0.15, -0.1) is 0 Å². The molecule has 1 N–H and O–H groups in total. The summed E-state index contributed by atoms with van der Waals surface area (Å²) in [5.41, 5.74) is 5.98. The summed E-state index contributed by atoms with van der Waals surface area (Å²) in [7, 11) is 1.63. The number of imidazole rings is 1. The number of nitrogens with zero attached hydrogens (tertiary/aromatic N) is 2. The van der Waals surface area contributed by atoms with Gasteiger partial charge in [-0.25, -0.2) is 4.98 Å². The number of amides is 1. The normalized spacial score (nSPS) is 10.8. The van der Waals surface area contributed by atoms with Crippen LogP contribution in [0, 0.1) is 13.8 Å². The van der Waals surface area contributed by atoms with Gasteiger partial charge in [0, 0.05) is 12.6 Å². The summed E-state index contributed by atoms with van der Waals surface area (Å²) >= 11 is 0. The molecular weight excluding hydrogens is 262 g/mol. The molecular formula is C17H17N3O. The van der Waals surface area contributed by atoms with E-state index in [1.54, 1.807) is 13.4 Å². The van der Waals surface area contributed by atoms with Crippen molar-refractivity contribution in [3.8, 4) is 5.69 Å². The van der Waals surface area contributed by atoms with Gasteiger partial charge in [0.05, 0.1) is 16.7 Å². The fourth-order valence-corrected chi connectivity index (χ4v) is 2.57. The van der Waals surface area contributed by atoms with Crippen LogP contribution in [0.1, 0.15) is 21.5 Å². The third-order valence-corrected chi connectivity index (χ3v) is 3.65. The molecule has 0 saturated heterocycles. The predicted octanol–water partition coefficient (Wildman–Crippen LogP) is 3.00. The lowest BCUT2D eigenvalue weighted by molar-refractivity contribution is 0.0963. The molecule has 106 valence electrons. The summed E-state index contributed by atoms with van der Waals surface area (Å²) in [6.07, 6.45) is 1.80. The molecule has 1 amide bonds. The van der Waals surface area contributed by atoms with Gasteiger partial charge in [0.1, 0.15) is 6.33 Å². The number of nitrogens with one attached hydrogen (secondary N) is 1. The molecule has 4 heteroatoms. The van der Waals surface area contributed by atoms with Crippen molar-refractivity contribution in [1.29, 1.82) is 0 Å². The molecule has 1 aromatic heterocycles. The van der Waals surface area contributed by atoms with Crippen LogP contribution in [0.25, 0.3) is 16.7 Å². The predicted molar refractivity (Wildman–Crippen MR) is 83.9 cm³/mol. The monoisotopic (exact) mass is 279 g/mol. The van der Waals surface area contributed by atoms with Gasteiger partial charge in [0.2, 0.25) is 0 Å². The zero-order valence-corrected chi connectivity index (χ0v) is 12.3. The summed E-state index contributed by atoms with van der Waals surface area (Å²) in [5, 5.41) is 2.63. The number of benzene rings is 2. The minimum atomic E-state index is -0.0991. The summed E-state index contributed by atoms with van der Waals surface area (Å²) < 4.78 is 2.05. The van der Waals surface area contributed by atoms with E-state index >= 15 is 0 Å². The topological polar surface area (TPSA) is 46.9 Å². The molecule has 0 bridgehead atoms. The highest BCUT2D eigenvalue weighted by atomic mass is 16.1. The maximum absolute atomic E-state index is 11.7. The van der Waals surface area contributed by atoms with Crippen molar-refractivity contribution in [3.63, 3.8) is 0 Å². The number of aromatic nitrogens is 2. The van der Waals surface area contributed by atoms with Gasteiger partial charge >= 0.3 is 0 Å². The first-order valence-corrected chi connectivity index (χ1v) is 6.87. The van der Waals surface area contributed by atoms with Gasteiger partial charge in [0.15, 0.2) is 0 Å². The van der Waals surface area contributed by atoms with Gasteiger partial charge in [0.25, 0.3) is 5.91 Å². The van der Waals surface area contributed by atoms with Crippen LogP contribution in [0.3, 0.4) is 0 Å². The van der Waals surface area contributed by atoms with Crippen molar-refractivity contribution in [1.82, 2.24) is 14.9 Å². The Morgan fingerprint density at radius 1 is 1.14 bits per heavy atom. The Bertz CT molecular complexity index is 833. The number of hydrogen-bond donors (Lipinski definition) is 1. The number of aryl methyl sites for hydroxylation is 2. The summed E-state index contributed by atoms with van der Waals surface area (Å²) in [5.74, 6) is -0.0991. The standard InChI is InChI=1S/C17H17N3O/c1-11-4-6-15(12(2)8-11)20-10-19-14-9-13(17(21)18-3)5-7-16(14)20/h4-10H,1-3H3,(H,18,21). The van der Waals surface area contributed by atoms with Gasteiger partial charge in [-0.05, 0) is 43.7 Å². The lowest BCUT2D eigenvalue weighted by Crippen LogP contribution is -2.17. The SMILES string of the molecule is CNC(=O)c1ccc2c(c1)ncn2-c1ccc(C)cc1C. The van der Waals surface area contributed by atoms with Crippen LogP contribution in [-0.4, -0.2) is 22.5 Å². The Morgan fingerprint density at radius 2 is 1.95 bits per heavy atom. The van der Waals surface area contributed by atoms with E-state index in [0.29, 0.717) is 5.56 Å². The van der Waals surface area contributed by atoms with Gasteiger partial charge in [-0.1, -0.05) is 17.7 Å². The lowest BCUT2D eigenvalue weighted by Gasteiger charge is -2.09. The van der Waals surface area contributed by atoms with Crippen LogP contribution < -0.4 is 5.32 Å².